The van der Waals surface area contributed by atoms with Crippen molar-refractivity contribution in [3.8, 4) is 5.69 Å². The maximum Gasteiger partial charge on any atom is 0.322 e. The molecular weight excluding hydrogens is 449 g/mol. The molecule has 32 heavy (non-hydrogen) atoms. The van der Waals surface area contributed by atoms with Crippen LogP contribution in [0.4, 0.5) is 10.5 Å². The third-order valence-electron chi connectivity index (χ3n) is 5.34. The van der Waals surface area contributed by atoms with Crippen molar-refractivity contribution in [3.05, 3.63) is 87.9 Å². The van der Waals surface area contributed by atoms with Crippen molar-refractivity contribution in [3.63, 3.8) is 0 Å². The molecule has 0 atom stereocenters. The lowest BCUT2D eigenvalue weighted by Gasteiger charge is -2.27. The Bertz CT molecular complexity index is 1270. The Balaban J connectivity index is 1.27. The number of hydrogen-bond donors (Lipinski definition) is 1. The molecule has 8 nitrogen and oxygen atoms in total. The molecule has 0 saturated heterocycles. The summed E-state index contributed by atoms with van der Waals surface area (Å²) in [5.74, 6) is 0. The monoisotopic (exact) mass is 467 g/mol. The molecule has 1 aliphatic heterocycles. The quantitative estimate of drug-likeness (QED) is 0.481. The molecule has 0 aliphatic carbocycles. The van der Waals surface area contributed by atoms with E-state index in [0.29, 0.717) is 41.8 Å². The standard InChI is InChI=1S/C22H19Cl2N7O/c23-16-6-7-21(19(24)10-16)31-14-18(27-28-31)13-30-20-8-9-29(12-15(20)11-25-30)22(32)26-17-4-2-1-3-5-17/h1-7,10-11,14H,8-9,12-13H2,(H,26,32). The highest BCUT2D eigenvalue weighted by Crippen LogP contribution is 2.24. The van der Waals surface area contributed by atoms with Gasteiger partial charge in [0.15, 0.2) is 0 Å². The zero-order valence-electron chi connectivity index (χ0n) is 16.9. The summed E-state index contributed by atoms with van der Waals surface area (Å²) in [6.07, 6.45) is 4.36. The van der Waals surface area contributed by atoms with Crippen molar-refractivity contribution in [1.82, 2.24) is 29.7 Å². The summed E-state index contributed by atoms with van der Waals surface area (Å²) in [6.45, 7) is 1.61. The van der Waals surface area contributed by atoms with E-state index in [9.17, 15) is 4.79 Å². The summed E-state index contributed by atoms with van der Waals surface area (Å²) in [6, 6.07) is 14.6. The highest BCUT2D eigenvalue weighted by Gasteiger charge is 2.24. The molecule has 2 amide bonds. The van der Waals surface area contributed by atoms with E-state index in [2.05, 4.69) is 20.7 Å². The lowest BCUT2D eigenvalue weighted by Crippen LogP contribution is -2.39. The molecule has 162 valence electrons. The number of carbonyl (C=O) groups excluding carboxylic acids is 1. The largest absolute Gasteiger partial charge is 0.322 e. The van der Waals surface area contributed by atoms with Crippen LogP contribution in [0, 0.1) is 0 Å². The van der Waals surface area contributed by atoms with Gasteiger partial charge in [0, 0.05) is 34.9 Å². The number of aromatic nitrogens is 5. The van der Waals surface area contributed by atoms with Crippen molar-refractivity contribution in [2.75, 3.05) is 11.9 Å². The first-order valence-corrected chi connectivity index (χ1v) is 10.8. The van der Waals surface area contributed by atoms with Gasteiger partial charge in [-0.15, -0.1) is 5.10 Å². The van der Waals surface area contributed by atoms with Crippen molar-refractivity contribution in [2.24, 2.45) is 0 Å². The van der Waals surface area contributed by atoms with Crippen LogP contribution in [0.1, 0.15) is 17.0 Å². The van der Waals surface area contributed by atoms with E-state index in [1.54, 1.807) is 27.8 Å². The number of nitrogens with zero attached hydrogens (tertiary/aromatic N) is 6. The Morgan fingerprint density at radius 1 is 1.12 bits per heavy atom. The van der Waals surface area contributed by atoms with Gasteiger partial charge in [0.2, 0.25) is 0 Å². The van der Waals surface area contributed by atoms with E-state index < -0.39 is 0 Å². The lowest BCUT2D eigenvalue weighted by atomic mass is 10.1. The van der Waals surface area contributed by atoms with Gasteiger partial charge in [0.25, 0.3) is 0 Å². The minimum absolute atomic E-state index is 0.114. The van der Waals surface area contributed by atoms with Crippen LogP contribution < -0.4 is 5.32 Å². The molecule has 0 fully saturated rings. The number of benzene rings is 2. The topological polar surface area (TPSA) is 80.9 Å². The Morgan fingerprint density at radius 2 is 1.97 bits per heavy atom. The molecule has 1 N–H and O–H groups in total. The number of urea groups is 1. The second-order valence-electron chi connectivity index (χ2n) is 7.49. The maximum absolute atomic E-state index is 12.6. The van der Waals surface area contributed by atoms with E-state index in [4.69, 9.17) is 23.2 Å². The third kappa shape index (κ3) is 4.19. The Kier molecular flexibility index (Phi) is 5.55. The number of anilines is 1. The molecule has 4 aromatic rings. The Labute approximate surface area is 194 Å². The van der Waals surface area contributed by atoms with Crippen LogP contribution in [0.15, 0.2) is 60.9 Å². The zero-order valence-corrected chi connectivity index (χ0v) is 18.5. The van der Waals surface area contributed by atoms with Gasteiger partial charge < -0.3 is 10.2 Å². The second kappa shape index (κ2) is 8.64. The van der Waals surface area contributed by atoms with Gasteiger partial charge in [-0.05, 0) is 30.3 Å². The minimum Gasteiger partial charge on any atom is -0.320 e. The van der Waals surface area contributed by atoms with Crippen molar-refractivity contribution in [2.45, 2.75) is 19.5 Å². The van der Waals surface area contributed by atoms with Gasteiger partial charge >= 0.3 is 6.03 Å². The summed E-state index contributed by atoms with van der Waals surface area (Å²) in [5, 5.41) is 17.0. The van der Waals surface area contributed by atoms with Gasteiger partial charge in [0.05, 0.1) is 36.2 Å². The molecule has 5 rings (SSSR count). The number of amides is 2. The molecule has 2 aromatic heterocycles. The second-order valence-corrected chi connectivity index (χ2v) is 8.34. The SMILES string of the molecule is O=C(Nc1ccccc1)N1CCc2c(cnn2Cc2cn(-c3ccc(Cl)cc3Cl)nn2)C1. The van der Waals surface area contributed by atoms with Crippen LogP contribution in [-0.2, 0) is 19.5 Å². The molecule has 3 heterocycles. The van der Waals surface area contributed by atoms with Crippen molar-refractivity contribution < 1.29 is 4.79 Å². The highest BCUT2D eigenvalue weighted by atomic mass is 35.5. The molecule has 0 unspecified atom stereocenters. The fraction of sp³-hybridized carbons (Fsp3) is 0.182. The predicted octanol–water partition coefficient (Wildman–Crippen LogP) is 4.41. The third-order valence-corrected chi connectivity index (χ3v) is 5.87. The van der Waals surface area contributed by atoms with Crippen molar-refractivity contribution in [1.29, 1.82) is 0 Å². The van der Waals surface area contributed by atoms with Crippen LogP contribution in [-0.4, -0.2) is 42.3 Å². The summed E-state index contributed by atoms with van der Waals surface area (Å²) < 4.78 is 3.54. The van der Waals surface area contributed by atoms with E-state index >= 15 is 0 Å². The minimum atomic E-state index is -0.114. The van der Waals surface area contributed by atoms with Crippen LogP contribution in [0.2, 0.25) is 10.0 Å². The van der Waals surface area contributed by atoms with E-state index in [1.807, 2.05) is 47.4 Å². The Hall–Kier alpha value is -3.36. The van der Waals surface area contributed by atoms with Crippen LogP contribution >= 0.6 is 23.2 Å². The zero-order chi connectivity index (χ0) is 22.1. The number of rotatable bonds is 4. The number of nitrogens with one attached hydrogen (secondary N) is 1. The van der Waals surface area contributed by atoms with Crippen molar-refractivity contribution >= 4 is 34.9 Å². The number of halogens is 2. The first kappa shape index (κ1) is 20.5. The van der Waals surface area contributed by atoms with Crippen LogP contribution in [0.3, 0.4) is 0 Å². The van der Waals surface area contributed by atoms with E-state index in [-0.39, 0.29) is 6.03 Å². The fourth-order valence-electron chi connectivity index (χ4n) is 3.74. The van der Waals surface area contributed by atoms with E-state index in [1.165, 1.54) is 0 Å². The summed E-state index contributed by atoms with van der Waals surface area (Å²) in [4.78, 5) is 14.4. The van der Waals surface area contributed by atoms with Gasteiger partial charge in [-0.3, -0.25) is 4.68 Å². The molecular formula is C22H19Cl2N7O. The number of para-hydroxylation sites is 1. The first-order chi connectivity index (χ1) is 15.6. The number of carbonyl (C=O) groups is 1. The summed E-state index contributed by atoms with van der Waals surface area (Å²) in [7, 11) is 0. The number of hydrogen-bond acceptors (Lipinski definition) is 4. The summed E-state index contributed by atoms with van der Waals surface area (Å²) >= 11 is 12.2. The smallest absolute Gasteiger partial charge is 0.320 e. The lowest BCUT2D eigenvalue weighted by molar-refractivity contribution is 0.205. The maximum atomic E-state index is 12.6. The normalized spacial score (nSPS) is 13.1. The van der Waals surface area contributed by atoms with E-state index in [0.717, 1.165) is 22.6 Å². The Morgan fingerprint density at radius 3 is 2.78 bits per heavy atom. The summed E-state index contributed by atoms with van der Waals surface area (Å²) in [5.41, 5.74) is 4.38. The molecule has 10 heteroatoms. The van der Waals surface area contributed by atoms with Gasteiger partial charge in [-0.25, -0.2) is 9.48 Å². The average Bonchev–Trinajstić information content (AvgIpc) is 3.41. The predicted molar refractivity (Wildman–Crippen MR) is 122 cm³/mol. The van der Waals surface area contributed by atoms with Crippen LogP contribution in [0.25, 0.3) is 5.69 Å². The molecule has 1 aliphatic rings. The first-order valence-electron chi connectivity index (χ1n) is 10.1. The van der Waals surface area contributed by atoms with Crippen LogP contribution in [0.5, 0.6) is 0 Å². The molecule has 0 spiro atoms. The molecule has 2 aromatic carbocycles. The highest BCUT2D eigenvalue weighted by molar-refractivity contribution is 6.35. The molecule has 0 saturated carbocycles. The average molecular weight is 468 g/mol. The molecule has 0 radical (unpaired) electrons. The van der Waals surface area contributed by atoms with Gasteiger partial charge in [-0.2, -0.15) is 5.10 Å². The van der Waals surface area contributed by atoms with Gasteiger partial charge in [0.1, 0.15) is 5.69 Å². The fourth-order valence-corrected chi connectivity index (χ4v) is 4.23. The number of fused-ring (bicyclic) bond motifs is 1. The molecule has 0 bridgehead atoms. The van der Waals surface area contributed by atoms with Gasteiger partial charge in [-0.1, -0.05) is 46.6 Å².